The van der Waals surface area contributed by atoms with Gasteiger partial charge in [0.2, 0.25) is 5.91 Å². The number of carbonyl (C=O) groups excluding carboxylic acids is 1. The van der Waals surface area contributed by atoms with Crippen LogP contribution in [0.3, 0.4) is 0 Å². The van der Waals surface area contributed by atoms with Crippen LogP contribution in [-0.2, 0) is 14.6 Å². The third-order valence-electron chi connectivity index (χ3n) is 5.65. The molecule has 0 aromatic rings. The van der Waals surface area contributed by atoms with Crippen molar-refractivity contribution in [1.82, 2.24) is 9.80 Å². The maximum Gasteiger partial charge on any atom is 0.237 e. The molecule has 2 rings (SSSR count). The summed E-state index contributed by atoms with van der Waals surface area (Å²) in [4.78, 5) is 17.0. The molecule has 1 saturated heterocycles. The van der Waals surface area contributed by atoms with Crippen LogP contribution in [0.15, 0.2) is 0 Å². The van der Waals surface area contributed by atoms with E-state index >= 15 is 0 Å². The van der Waals surface area contributed by atoms with E-state index in [1.54, 1.807) is 0 Å². The van der Waals surface area contributed by atoms with Gasteiger partial charge in [-0.3, -0.25) is 9.69 Å². The Hall–Kier alpha value is -0.620. The molecule has 1 aliphatic heterocycles. The van der Waals surface area contributed by atoms with E-state index in [9.17, 15) is 13.2 Å². The summed E-state index contributed by atoms with van der Waals surface area (Å²) in [6.45, 7) is 6.83. The van der Waals surface area contributed by atoms with Crippen molar-refractivity contribution in [2.75, 3.05) is 25.1 Å². The fourth-order valence-corrected chi connectivity index (χ4v) is 5.54. The van der Waals surface area contributed by atoms with Gasteiger partial charge in [-0.25, -0.2) is 8.42 Å². The van der Waals surface area contributed by atoms with Crippen LogP contribution in [0.5, 0.6) is 0 Å². The Bertz CT molecular complexity index is 512. The van der Waals surface area contributed by atoms with Gasteiger partial charge in [-0.15, -0.1) is 0 Å². The van der Waals surface area contributed by atoms with E-state index in [2.05, 4.69) is 25.7 Å². The summed E-state index contributed by atoms with van der Waals surface area (Å²) < 4.78 is 23.7. The summed E-state index contributed by atoms with van der Waals surface area (Å²) in [6.07, 6.45) is 4.93. The molecule has 1 heterocycles. The zero-order chi connectivity index (χ0) is 17.2. The highest BCUT2D eigenvalue weighted by molar-refractivity contribution is 7.91. The molecule has 0 spiro atoms. The number of rotatable bonds is 6. The lowest BCUT2D eigenvalue weighted by atomic mass is 10.0. The first kappa shape index (κ1) is 18.7. The quantitative estimate of drug-likeness (QED) is 0.739. The number of nitrogens with zero attached hydrogens (tertiary/aromatic N) is 2. The molecule has 2 fully saturated rings. The Morgan fingerprint density at radius 1 is 1.09 bits per heavy atom. The average molecular weight is 345 g/mol. The van der Waals surface area contributed by atoms with Gasteiger partial charge in [0.1, 0.15) is 0 Å². The van der Waals surface area contributed by atoms with Gasteiger partial charge in [-0.1, -0.05) is 26.7 Å². The van der Waals surface area contributed by atoms with E-state index in [1.165, 1.54) is 0 Å². The van der Waals surface area contributed by atoms with E-state index in [0.717, 1.165) is 25.7 Å². The predicted molar refractivity (Wildman–Crippen MR) is 93.1 cm³/mol. The first-order valence-corrected chi connectivity index (χ1v) is 10.7. The molecule has 23 heavy (non-hydrogen) atoms. The molecule has 0 aromatic carbocycles. The zero-order valence-electron chi connectivity index (χ0n) is 15.0. The fraction of sp³-hybridized carbons (Fsp3) is 0.941. The van der Waals surface area contributed by atoms with Crippen molar-refractivity contribution in [2.24, 2.45) is 5.92 Å². The van der Waals surface area contributed by atoms with Crippen LogP contribution in [0.4, 0.5) is 0 Å². The van der Waals surface area contributed by atoms with E-state index in [1.807, 2.05) is 11.9 Å². The Morgan fingerprint density at radius 3 is 2.17 bits per heavy atom. The fourth-order valence-electron chi connectivity index (χ4n) is 3.83. The number of hydrogen-bond donors (Lipinski definition) is 0. The smallest absolute Gasteiger partial charge is 0.237 e. The number of carbonyl (C=O) groups is 1. The molecule has 5 nitrogen and oxygen atoms in total. The Balaban J connectivity index is 2.09. The van der Waals surface area contributed by atoms with Crippen molar-refractivity contribution in [2.45, 2.75) is 71.0 Å². The van der Waals surface area contributed by atoms with Crippen molar-refractivity contribution in [3.8, 4) is 0 Å². The molecule has 6 heteroatoms. The van der Waals surface area contributed by atoms with Gasteiger partial charge in [-0.2, -0.15) is 0 Å². The van der Waals surface area contributed by atoms with Gasteiger partial charge in [-0.05, 0) is 39.2 Å². The average Bonchev–Trinajstić information content (AvgIpc) is 3.08. The standard InChI is InChI=1S/C17H32N2O3S/c1-13(2)14(3)18(4)11-17(20)19(15-7-5-6-8-15)16-9-10-23(21,22)12-16/h13-16H,5-12H2,1-4H3/t14-,16-/m1/s1. The van der Waals surface area contributed by atoms with E-state index < -0.39 is 9.84 Å². The second-order valence-electron chi connectivity index (χ2n) is 7.70. The lowest BCUT2D eigenvalue weighted by molar-refractivity contribution is -0.137. The highest BCUT2D eigenvalue weighted by Gasteiger charge is 2.39. The molecule has 0 radical (unpaired) electrons. The Kier molecular flexibility index (Phi) is 6.11. The van der Waals surface area contributed by atoms with Crippen LogP contribution < -0.4 is 0 Å². The molecular weight excluding hydrogens is 312 g/mol. The monoisotopic (exact) mass is 344 g/mol. The minimum atomic E-state index is -2.97. The molecule has 0 N–H and O–H groups in total. The third-order valence-corrected chi connectivity index (χ3v) is 7.40. The largest absolute Gasteiger partial charge is 0.335 e. The van der Waals surface area contributed by atoms with Gasteiger partial charge >= 0.3 is 0 Å². The first-order valence-electron chi connectivity index (χ1n) is 8.93. The van der Waals surface area contributed by atoms with Crippen molar-refractivity contribution in [1.29, 1.82) is 0 Å². The van der Waals surface area contributed by atoms with Gasteiger partial charge in [0, 0.05) is 18.1 Å². The van der Waals surface area contributed by atoms with Gasteiger partial charge < -0.3 is 4.90 Å². The van der Waals surface area contributed by atoms with Crippen molar-refractivity contribution in [3.05, 3.63) is 0 Å². The Morgan fingerprint density at radius 2 is 1.70 bits per heavy atom. The summed E-state index contributed by atoms with van der Waals surface area (Å²) >= 11 is 0. The maximum atomic E-state index is 13.0. The number of hydrogen-bond acceptors (Lipinski definition) is 4. The normalized spacial score (nSPS) is 26.1. The number of amides is 1. The molecule has 1 saturated carbocycles. The van der Waals surface area contributed by atoms with Crippen molar-refractivity contribution in [3.63, 3.8) is 0 Å². The van der Waals surface area contributed by atoms with Crippen molar-refractivity contribution < 1.29 is 13.2 Å². The minimum absolute atomic E-state index is 0.106. The van der Waals surface area contributed by atoms with Crippen LogP contribution in [0.2, 0.25) is 0 Å². The Labute approximate surface area is 141 Å². The number of sulfone groups is 1. The molecule has 134 valence electrons. The first-order chi connectivity index (χ1) is 10.7. The predicted octanol–water partition coefficient (Wildman–Crippen LogP) is 1.92. The summed E-state index contributed by atoms with van der Waals surface area (Å²) in [6, 6.07) is 0.457. The second-order valence-corrected chi connectivity index (χ2v) is 9.92. The summed E-state index contributed by atoms with van der Waals surface area (Å²) in [7, 11) is -0.982. The third kappa shape index (κ3) is 4.69. The van der Waals surface area contributed by atoms with Crippen LogP contribution in [0.1, 0.15) is 52.9 Å². The highest BCUT2D eigenvalue weighted by Crippen LogP contribution is 2.29. The van der Waals surface area contributed by atoms with E-state index in [-0.39, 0.29) is 29.5 Å². The summed E-state index contributed by atoms with van der Waals surface area (Å²) in [5, 5.41) is 0. The molecule has 2 aliphatic rings. The maximum absolute atomic E-state index is 13.0. The van der Waals surface area contributed by atoms with E-state index in [4.69, 9.17) is 0 Å². The summed E-state index contributed by atoms with van der Waals surface area (Å²) in [5.74, 6) is 0.971. The highest BCUT2D eigenvalue weighted by atomic mass is 32.2. The second kappa shape index (κ2) is 7.51. The van der Waals surface area contributed by atoms with Crippen molar-refractivity contribution >= 4 is 15.7 Å². The van der Waals surface area contributed by atoms with Gasteiger partial charge in [0.25, 0.3) is 0 Å². The zero-order valence-corrected chi connectivity index (χ0v) is 15.8. The molecule has 0 bridgehead atoms. The molecular formula is C17H32N2O3S. The lowest BCUT2D eigenvalue weighted by Gasteiger charge is -2.36. The molecule has 1 amide bonds. The summed E-state index contributed by atoms with van der Waals surface area (Å²) in [5.41, 5.74) is 0. The van der Waals surface area contributed by atoms with Gasteiger partial charge in [0.05, 0.1) is 18.1 Å². The molecule has 2 atom stereocenters. The SMILES string of the molecule is CC(C)[C@@H](C)N(C)CC(=O)N(C1CCCC1)[C@@H]1CCS(=O)(=O)C1. The van der Waals surface area contributed by atoms with E-state index in [0.29, 0.717) is 24.9 Å². The van der Waals surface area contributed by atoms with Crippen LogP contribution >= 0.6 is 0 Å². The van der Waals surface area contributed by atoms with Crippen LogP contribution in [0, 0.1) is 5.92 Å². The molecule has 0 unspecified atom stereocenters. The van der Waals surface area contributed by atoms with Crippen LogP contribution in [-0.4, -0.2) is 67.3 Å². The minimum Gasteiger partial charge on any atom is -0.335 e. The molecule has 1 aliphatic carbocycles. The topological polar surface area (TPSA) is 57.7 Å². The van der Waals surface area contributed by atoms with Gasteiger partial charge in [0.15, 0.2) is 9.84 Å². The van der Waals surface area contributed by atoms with Crippen LogP contribution in [0.25, 0.3) is 0 Å². The lowest BCUT2D eigenvalue weighted by Crippen LogP contribution is -2.51. The number of likely N-dealkylation sites (N-methyl/N-ethyl adjacent to an activating group) is 1. The molecule has 0 aromatic heterocycles.